The summed E-state index contributed by atoms with van der Waals surface area (Å²) in [5.41, 5.74) is 1.46. The Hall–Kier alpha value is -4.23. The first-order chi connectivity index (χ1) is 20.1. The molecule has 0 saturated carbocycles. The monoisotopic (exact) mass is 621 g/mol. The summed E-state index contributed by atoms with van der Waals surface area (Å²) in [5, 5.41) is 13.9. The van der Waals surface area contributed by atoms with E-state index < -0.39 is 21.0 Å². The van der Waals surface area contributed by atoms with E-state index in [1.165, 1.54) is 35.3 Å². The molecular formula is C29H24ClN5O5S2. The number of amides is 1. The SMILES string of the molecule is CC(=O)N(C[C@H](Cc1cccc(Cl)c1)NS(=O)(=O)c1ccc([N+](=O)[O-])cc1)c1ncc(-c2ccc3cnccc3c2)s1. The van der Waals surface area contributed by atoms with Gasteiger partial charge in [0.15, 0.2) is 5.13 Å². The highest BCUT2D eigenvalue weighted by Crippen LogP contribution is 2.33. The largest absolute Gasteiger partial charge is 0.287 e. The van der Waals surface area contributed by atoms with E-state index in [1.54, 1.807) is 36.8 Å². The van der Waals surface area contributed by atoms with Crippen molar-refractivity contribution in [3.8, 4) is 10.4 Å². The van der Waals surface area contributed by atoms with Crippen molar-refractivity contribution in [1.29, 1.82) is 0 Å². The molecule has 0 aliphatic rings. The molecule has 214 valence electrons. The molecule has 2 heterocycles. The van der Waals surface area contributed by atoms with Crippen molar-refractivity contribution in [2.45, 2.75) is 24.3 Å². The summed E-state index contributed by atoms with van der Waals surface area (Å²) in [5.74, 6) is -0.314. The van der Waals surface area contributed by atoms with Crippen LogP contribution in [0.25, 0.3) is 21.2 Å². The van der Waals surface area contributed by atoms with Crippen LogP contribution in [0, 0.1) is 10.1 Å². The van der Waals surface area contributed by atoms with Gasteiger partial charge in [0.25, 0.3) is 5.69 Å². The van der Waals surface area contributed by atoms with Gasteiger partial charge in [0, 0.05) is 60.6 Å². The molecule has 1 N–H and O–H groups in total. The summed E-state index contributed by atoms with van der Waals surface area (Å²) in [7, 11) is -4.11. The number of thiazole rings is 1. The highest BCUT2D eigenvalue weighted by molar-refractivity contribution is 7.89. The maximum atomic E-state index is 13.3. The highest BCUT2D eigenvalue weighted by Gasteiger charge is 2.26. The molecule has 1 atom stereocenters. The number of hydrogen-bond acceptors (Lipinski definition) is 8. The average molecular weight is 622 g/mol. The molecule has 0 bridgehead atoms. The van der Waals surface area contributed by atoms with Crippen LogP contribution in [0.5, 0.6) is 0 Å². The number of nitrogens with one attached hydrogen (secondary N) is 1. The Labute approximate surface area is 250 Å². The molecule has 0 aliphatic heterocycles. The summed E-state index contributed by atoms with van der Waals surface area (Å²) < 4.78 is 29.4. The third kappa shape index (κ3) is 6.80. The second kappa shape index (κ2) is 12.3. The van der Waals surface area contributed by atoms with Crippen LogP contribution < -0.4 is 9.62 Å². The van der Waals surface area contributed by atoms with Crippen LogP contribution in [0.1, 0.15) is 12.5 Å². The minimum absolute atomic E-state index is 0.0234. The highest BCUT2D eigenvalue weighted by atomic mass is 35.5. The van der Waals surface area contributed by atoms with Crippen molar-refractivity contribution in [2.24, 2.45) is 0 Å². The number of sulfonamides is 1. The van der Waals surface area contributed by atoms with Gasteiger partial charge in [-0.15, -0.1) is 0 Å². The van der Waals surface area contributed by atoms with Gasteiger partial charge in [-0.2, -0.15) is 0 Å². The number of nitro groups is 1. The van der Waals surface area contributed by atoms with E-state index in [4.69, 9.17) is 11.6 Å². The molecule has 42 heavy (non-hydrogen) atoms. The van der Waals surface area contributed by atoms with Crippen LogP contribution in [0.4, 0.5) is 10.8 Å². The fraction of sp³-hybridized carbons (Fsp3) is 0.138. The Bertz CT molecular complexity index is 1880. The quantitative estimate of drug-likeness (QED) is 0.152. The van der Waals surface area contributed by atoms with Gasteiger partial charge >= 0.3 is 0 Å². The molecule has 1 amide bonds. The summed E-state index contributed by atoms with van der Waals surface area (Å²) in [6, 6.07) is 18.7. The number of carbonyl (C=O) groups excluding carboxylic acids is 1. The van der Waals surface area contributed by atoms with Crippen LogP contribution in [0.15, 0.2) is 96.3 Å². The van der Waals surface area contributed by atoms with E-state index in [1.807, 2.05) is 30.3 Å². The zero-order chi connectivity index (χ0) is 29.9. The minimum atomic E-state index is -4.11. The third-order valence-corrected chi connectivity index (χ3v) is 9.32. The maximum Gasteiger partial charge on any atom is 0.269 e. The number of halogens is 1. The van der Waals surface area contributed by atoms with Gasteiger partial charge in [-0.25, -0.2) is 18.1 Å². The molecule has 3 aromatic carbocycles. The molecule has 0 radical (unpaired) electrons. The van der Waals surface area contributed by atoms with Gasteiger partial charge in [0.2, 0.25) is 15.9 Å². The number of nitro benzene ring substituents is 1. The van der Waals surface area contributed by atoms with E-state index in [-0.39, 0.29) is 29.5 Å². The van der Waals surface area contributed by atoms with Gasteiger partial charge < -0.3 is 0 Å². The lowest BCUT2D eigenvalue weighted by Gasteiger charge is -2.26. The Balaban J connectivity index is 1.44. The first-order valence-corrected chi connectivity index (χ1v) is 15.4. The number of benzene rings is 3. The molecule has 5 rings (SSSR count). The van der Waals surface area contributed by atoms with Crippen LogP contribution in [-0.2, 0) is 21.2 Å². The standard InChI is InChI=1S/C29H24ClN5O5S2/c1-19(36)34(29-32-17-28(41-29)22-5-6-23-16-31-12-11-21(23)15-22)18-25(14-20-3-2-4-24(30)13-20)33-42(39,40)27-9-7-26(8-10-27)35(37)38/h2-13,15-17,25,33H,14,18H2,1H3/t25-/m0/s1. The van der Waals surface area contributed by atoms with Gasteiger partial charge in [0.05, 0.1) is 14.7 Å². The second-order valence-corrected chi connectivity index (χ2v) is 12.6. The third-order valence-electron chi connectivity index (χ3n) is 6.48. The summed E-state index contributed by atoms with van der Waals surface area (Å²) >= 11 is 7.49. The molecular weight excluding hydrogens is 598 g/mol. The number of fused-ring (bicyclic) bond motifs is 1. The Morgan fingerprint density at radius 1 is 1.07 bits per heavy atom. The molecule has 10 nitrogen and oxygen atoms in total. The number of anilines is 1. The lowest BCUT2D eigenvalue weighted by Crippen LogP contribution is -2.46. The van der Waals surface area contributed by atoms with Crippen molar-refractivity contribution in [1.82, 2.24) is 14.7 Å². The van der Waals surface area contributed by atoms with Crippen molar-refractivity contribution >= 4 is 60.5 Å². The summed E-state index contributed by atoms with van der Waals surface area (Å²) in [6.45, 7) is 1.37. The predicted molar refractivity (Wildman–Crippen MR) is 163 cm³/mol. The molecule has 0 aliphatic carbocycles. The number of carbonyl (C=O) groups is 1. The fourth-order valence-electron chi connectivity index (χ4n) is 4.45. The van der Waals surface area contributed by atoms with Crippen LogP contribution in [0.2, 0.25) is 5.02 Å². The Morgan fingerprint density at radius 2 is 1.86 bits per heavy atom. The summed E-state index contributed by atoms with van der Waals surface area (Å²) in [4.78, 5) is 34.1. The maximum absolute atomic E-state index is 13.3. The van der Waals surface area contributed by atoms with E-state index in [2.05, 4.69) is 14.7 Å². The van der Waals surface area contributed by atoms with Crippen LogP contribution in [-0.4, -0.2) is 41.8 Å². The molecule has 0 spiro atoms. The summed E-state index contributed by atoms with van der Waals surface area (Å²) in [6.07, 6.45) is 5.41. The Morgan fingerprint density at radius 3 is 2.57 bits per heavy atom. The number of aromatic nitrogens is 2. The van der Waals surface area contributed by atoms with Gasteiger partial charge in [-0.05, 0) is 59.3 Å². The van der Waals surface area contributed by atoms with Crippen molar-refractivity contribution in [3.63, 3.8) is 0 Å². The number of nitrogens with zero attached hydrogens (tertiary/aromatic N) is 4. The first-order valence-electron chi connectivity index (χ1n) is 12.7. The molecule has 13 heteroatoms. The second-order valence-electron chi connectivity index (χ2n) is 9.48. The lowest BCUT2D eigenvalue weighted by molar-refractivity contribution is -0.384. The minimum Gasteiger partial charge on any atom is -0.287 e. The van der Waals surface area contributed by atoms with Crippen molar-refractivity contribution in [3.05, 3.63) is 112 Å². The molecule has 5 aromatic rings. The van der Waals surface area contributed by atoms with E-state index in [0.29, 0.717) is 10.2 Å². The van der Waals surface area contributed by atoms with Crippen LogP contribution >= 0.6 is 22.9 Å². The van der Waals surface area contributed by atoms with E-state index in [9.17, 15) is 23.3 Å². The van der Waals surface area contributed by atoms with Crippen molar-refractivity contribution in [2.75, 3.05) is 11.4 Å². The molecule has 0 saturated heterocycles. The topological polar surface area (TPSA) is 135 Å². The van der Waals surface area contributed by atoms with E-state index in [0.717, 1.165) is 38.9 Å². The van der Waals surface area contributed by atoms with E-state index >= 15 is 0 Å². The number of rotatable bonds is 10. The number of non-ortho nitro benzene ring substituents is 1. The zero-order valence-corrected chi connectivity index (χ0v) is 24.6. The van der Waals surface area contributed by atoms with Gasteiger partial charge in [0.1, 0.15) is 0 Å². The van der Waals surface area contributed by atoms with Gasteiger partial charge in [-0.3, -0.25) is 24.8 Å². The smallest absolute Gasteiger partial charge is 0.269 e. The fourth-order valence-corrected chi connectivity index (χ4v) is 6.85. The zero-order valence-electron chi connectivity index (χ0n) is 22.2. The Kier molecular flexibility index (Phi) is 8.59. The number of hydrogen-bond donors (Lipinski definition) is 1. The lowest BCUT2D eigenvalue weighted by atomic mass is 10.1. The molecule has 0 unspecified atom stereocenters. The van der Waals surface area contributed by atoms with Crippen molar-refractivity contribution < 1.29 is 18.1 Å². The molecule has 2 aromatic heterocycles. The van der Waals surface area contributed by atoms with Gasteiger partial charge in [-0.1, -0.05) is 47.2 Å². The molecule has 0 fully saturated rings. The average Bonchev–Trinajstić information content (AvgIpc) is 3.45. The normalized spacial score (nSPS) is 12.2. The number of pyridine rings is 1. The van der Waals surface area contributed by atoms with Crippen LogP contribution in [0.3, 0.4) is 0 Å². The predicted octanol–water partition coefficient (Wildman–Crippen LogP) is 5.86. The first kappa shape index (κ1) is 29.3.